The second-order valence-electron chi connectivity index (χ2n) is 5.25. The first-order valence-corrected chi connectivity index (χ1v) is 7.27. The number of nitrogens with two attached hydrogens (primary N) is 1. The maximum Gasteiger partial charge on any atom is 0.411 e. The smallest absolute Gasteiger partial charge is 0.372 e. The predicted molar refractivity (Wildman–Crippen MR) is 95.5 cm³/mol. The highest BCUT2D eigenvalue weighted by atomic mass is 127. The third-order valence-corrected chi connectivity index (χ3v) is 3.37. The van der Waals surface area contributed by atoms with Gasteiger partial charge < -0.3 is 15.8 Å². The second-order valence-corrected chi connectivity index (χ2v) is 5.25. The zero-order chi connectivity index (χ0) is 16.0. The molecule has 0 aromatic heterocycles. The molecule has 1 aliphatic rings. The van der Waals surface area contributed by atoms with Crippen LogP contribution < -0.4 is 11.1 Å². The first-order valence-electron chi connectivity index (χ1n) is 7.27. The highest BCUT2D eigenvalue weighted by molar-refractivity contribution is 14.0. The van der Waals surface area contributed by atoms with Crippen LogP contribution in [0.4, 0.5) is 18.9 Å². The lowest BCUT2D eigenvalue weighted by molar-refractivity contribution is -0.173. The van der Waals surface area contributed by atoms with Crippen LogP contribution in [0.25, 0.3) is 0 Å². The molecular weight excluding hydrogens is 422 g/mol. The Morgan fingerprint density at radius 1 is 1.26 bits per heavy atom. The minimum absolute atomic E-state index is 0. The number of fused-ring (bicyclic) bond motifs is 1. The van der Waals surface area contributed by atoms with Crippen LogP contribution in [0.2, 0.25) is 0 Å². The van der Waals surface area contributed by atoms with Gasteiger partial charge in [-0.3, -0.25) is 4.99 Å². The molecule has 0 spiro atoms. The van der Waals surface area contributed by atoms with Crippen LogP contribution >= 0.6 is 24.0 Å². The molecule has 0 aliphatic heterocycles. The number of nitrogens with one attached hydrogen (secondary N) is 1. The monoisotopic (exact) mass is 443 g/mol. The van der Waals surface area contributed by atoms with Crippen LogP contribution in [0, 0.1) is 0 Å². The van der Waals surface area contributed by atoms with Gasteiger partial charge in [0.15, 0.2) is 5.96 Å². The number of hydrogen-bond acceptors (Lipinski definition) is 2. The molecule has 8 heteroatoms. The lowest BCUT2D eigenvalue weighted by Gasteiger charge is -2.08. The van der Waals surface area contributed by atoms with Crippen molar-refractivity contribution in [2.45, 2.75) is 31.9 Å². The quantitative estimate of drug-likeness (QED) is 0.307. The van der Waals surface area contributed by atoms with E-state index in [1.54, 1.807) is 0 Å². The van der Waals surface area contributed by atoms with Crippen LogP contribution in [-0.2, 0) is 17.6 Å². The van der Waals surface area contributed by atoms with Crippen molar-refractivity contribution in [3.8, 4) is 0 Å². The normalized spacial score (nSPS) is 14.3. The summed E-state index contributed by atoms with van der Waals surface area (Å²) in [6, 6.07) is 6.11. The number of aryl methyl sites for hydroxylation is 2. The number of alkyl halides is 3. The molecule has 1 aromatic carbocycles. The van der Waals surface area contributed by atoms with E-state index in [9.17, 15) is 13.2 Å². The largest absolute Gasteiger partial charge is 0.411 e. The maximum atomic E-state index is 11.8. The Bertz CT molecular complexity index is 535. The van der Waals surface area contributed by atoms with Gasteiger partial charge in [-0.05, 0) is 48.9 Å². The van der Waals surface area contributed by atoms with E-state index in [-0.39, 0.29) is 36.5 Å². The molecule has 0 radical (unpaired) electrons. The minimum atomic E-state index is -4.28. The second kappa shape index (κ2) is 9.31. The van der Waals surface area contributed by atoms with Crippen molar-refractivity contribution in [3.05, 3.63) is 29.3 Å². The summed E-state index contributed by atoms with van der Waals surface area (Å²) >= 11 is 0. The van der Waals surface area contributed by atoms with Crippen LogP contribution in [0.1, 0.15) is 24.0 Å². The Morgan fingerprint density at radius 2 is 2.00 bits per heavy atom. The molecule has 0 unspecified atom stereocenters. The number of aliphatic imine (C=N–C) groups is 1. The van der Waals surface area contributed by atoms with Gasteiger partial charge in [-0.1, -0.05) is 6.07 Å². The Morgan fingerprint density at radius 3 is 2.74 bits per heavy atom. The number of rotatable bonds is 6. The molecule has 0 heterocycles. The molecule has 2 rings (SSSR count). The Kier molecular flexibility index (Phi) is 8.10. The van der Waals surface area contributed by atoms with E-state index in [4.69, 9.17) is 5.73 Å². The lowest BCUT2D eigenvalue weighted by atomic mass is 10.1. The van der Waals surface area contributed by atoms with Gasteiger partial charge in [-0.2, -0.15) is 13.2 Å². The van der Waals surface area contributed by atoms with Gasteiger partial charge in [-0.25, -0.2) is 0 Å². The third kappa shape index (κ3) is 7.38. The fourth-order valence-corrected chi connectivity index (χ4v) is 2.39. The van der Waals surface area contributed by atoms with Gasteiger partial charge >= 0.3 is 6.18 Å². The van der Waals surface area contributed by atoms with Crippen molar-refractivity contribution in [2.75, 3.05) is 25.1 Å². The van der Waals surface area contributed by atoms with Crippen LogP contribution in [0.5, 0.6) is 0 Å². The summed E-state index contributed by atoms with van der Waals surface area (Å²) in [6.07, 6.45) is -0.504. The fourth-order valence-electron chi connectivity index (χ4n) is 2.39. The summed E-state index contributed by atoms with van der Waals surface area (Å²) < 4.78 is 40.0. The van der Waals surface area contributed by atoms with Crippen LogP contribution in [-0.4, -0.2) is 31.9 Å². The van der Waals surface area contributed by atoms with E-state index in [0.717, 1.165) is 18.5 Å². The molecule has 0 fully saturated rings. The van der Waals surface area contributed by atoms with Gasteiger partial charge in [0.2, 0.25) is 0 Å². The molecule has 0 atom stereocenters. The molecule has 4 nitrogen and oxygen atoms in total. The number of benzene rings is 1. The molecule has 3 N–H and O–H groups in total. The number of guanidine groups is 1. The van der Waals surface area contributed by atoms with Gasteiger partial charge in [0, 0.05) is 18.8 Å². The summed E-state index contributed by atoms with van der Waals surface area (Å²) in [6.45, 7) is -0.893. The maximum absolute atomic E-state index is 11.8. The molecule has 0 amide bonds. The number of ether oxygens (including phenoxy) is 1. The Balaban J connectivity index is 0.00000264. The zero-order valence-corrected chi connectivity index (χ0v) is 15.0. The van der Waals surface area contributed by atoms with Crippen LogP contribution in [0.15, 0.2) is 23.2 Å². The van der Waals surface area contributed by atoms with E-state index < -0.39 is 12.8 Å². The Hall–Kier alpha value is -1.03. The van der Waals surface area contributed by atoms with Crippen molar-refractivity contribution in [1.29, 1.82) is 0 Å². The third-order valence-electron chi connectivity index (χ3n) is 3.37. The highest BCUT2D eigenvalue weighted by Crippen LogP contribution is 2.24. The molecule has 0 saturated heterocycles. The van der Waals surface area contributed by atoms with Crippen molar-refractivity contribution >= 4 is 35.6 Å². The lowest BCUT2D eigenvalue weighted by Crippen LogP contribution is -2.23. The van der Waals surface area contributed by atoms with E-state index in [2.05, 4.69) is 27.2 Å². The molecule has 1 aliphatic carbocycles. The van der Waals surface area contributed by atoms with E-state index >= 15 is 0 Å². The molecule has 130 valence electrons. The molecule has 0 bridgehead atoms. The van der Waals surface area contributed by atoms with E-state index in [0.29, 0.717) is 13.0 Å². The molecular formula is C15H21F3IN3O. The fraction of sp³-hybridized carbons (Fsp3) is 0.533. The first-order chi connectivity index (χ1) is 10.4. The summed E-state index contributed by atoms with van der Waals surface area (Å²) in [5, 5.41) is 2.99. The zero-order valence-electron chi connectivity index (χ0n) is 12.7. The average molecular weight is 443 g/mol. The standard InChI is InChI=1S/C15H20F3N3O.HI/c16-15(17,18)10-22-8-2-7-20-14(19)21-13-6-5-11-3-1-4-12(11)9-13;/h5-6,9H,1-4,7-8,10H2,(H3,19,20,21);1H. The highest BCUT2D eigenvalue weighted by Gasteiger charge is 2.27. The summed E-state index contributed by atoms with van der Waals surface area (Å²) in [5.41, 5.74) is 9.35. The molecule has 0 saturated carbocycles. The number of nitrogens with zero attached hydrogens (tertiary/aromatic N) is 1. The van der Waals surface area contributed by atoms with Gasteiger partial charge in [0.25, 0.3) is 0 Å². The number of hydrogen-bond donors (Lipinski definition) is 2. The topological polar surface area (TPSA) is 59.6 Å². The summed E-state index contributed by atoms with van der Waals surface area (Å²) in [5.74, 6) is 0.258. The van der Waals surface area contributed by atoms with E-state index in [1.165, 1.54) is 17.5 Å². The number of halogens is 4. The number of anilines is 1. The van der Waals surface area contributed by atoms with Crippen molar-refractivity contribution in [3.63, 3.8) is 0 Å². The first kappa shape index (κ1) is 20.0. The molecule has 1 aromatic rings. The van der Waals surface area contributed by atoms with Crippen LogP contribution in [0.3, 0.4) is 0 Å². The summed E-state index contributed by atoms with van der Waals surface area (Å²) in [7, 11) is 0. The van der Waals surface area contributed by atoms with Crippen molar-refractivity contribution in [1.82, 2.24) is 0 Å². The van der Waals surface area contributed by atoms with Crippen molar-refractivity contribution < 1.29 is 17.9 Å². The molecule has 23 heavy (non-hydrogen) atoms. The Labute approximate surface area is 150 Å². The van der Waals surface area contributed by atoms with Gasteiger partial charge in [0.05, 0.1) is 0 Å². The average Bonchev–Trinajstić information content (AvgIpc) is 2.89. The van der Waals surface area contributed by atoms with E-state index in [1.807, 2.05) is 6.07 Å². The van der Waals surface area contributed by atoms with Crippen molar-refractivity contribution in [2.24, 2.45) is 10.7 Å². The SMILES string of the molecule is I.NC(=NCCCOCC(F)(F)F)Nc1ccc2c(c1)CCC2. The minimum Gasteiger partial charge on any atom is -0.372 e. The van der Waals surface area contributed by atoms with Gasteiger partial charge in [-0.15, -0.1) is 24.0 Å². The predicted octanol–water partition coefficient (Wildman–Crippen LogP) is 3.49. The summed E-state index contributed by atoms with van der Waals surface area (Å²) in [4.78, 5) is 4.07. The van der Waals surface area contributed by atoms with Gasteiger partial charge in [0.1, 0.15) is 6.61 Å².